The van der Waals surface area contributed by atoms with Crippen LogP contribution in [-0.4, -0.2) is 121 Å². The minimum Gasteiger partial charge on any atom is -0.870 e. The first kappa shape index (κ1) is 71.3. The topological polar surface area (TPSA) is 257 Å². The van der Waals surface area contributed by atoms with Crippen molar-refractivity contribution in [2.24, 2.45) is 45.3 Å². The third-order valence-corrected chi connectivity index (χ3v) is 15.3. The summed E-state index contributed by atoms with van der Waals surface area (Å²) in [6.45, 7) is 16.2. The van der Waals surface area contributed by atoms with Gasteiger partial charge in [0.05, 0.1) is 39.6 Å². The van der Waals surface area contributed by atoms with E-state index in [1.54, 1.807) is 20.8 Å². The van der Waals surface area contributed by atoms with Crippen LogP contribution in [0.1, 0.15) is 130 Å². The molecule has 8 aliphatic carbocycles. The van der Waals surface area contributed by atoms with Gasteiger partial charge in [-0.15, -0.1) is 12.6 Å². The van der Waals surface area contributed by atoms with Crippen LogP contribution in [0.15, 0.2) is 24.3 Å². The standard InChI is InChI=1S/C24H35F3O8S.C24H35F2O6.2Na.O3S.H2O/c1-16(2)20(28)33-7-5-4-6-32-17(3)34-14-22-9-18-8-19(10-22)12-23(11-18,13-22)15-35-21(29)24(25,26)36(27,30)31;1-16(2)21(27)30-7-5-4-6-29-17(3)31-14-23-9-18-8-19(10-23)12-24(11-18,13-23)15-32-22(28)20(25)26;;;1-4(2)3;/h17-19H,1,4-15H2,2-3H3;17-19H,1,4-15H2,2-3H3;;;;1H2/q;-1;2*+1;;/p-1. The van der Waals surface area contributed by atoms with Gasteiger partial charge in [-0.25, -0.2) is 14.4 Å². The zero-order valence-corrected chi connectivity index (χ0v) is 49.6. The number of rotatable bonds is 27. The Morgan fingerprint density at radius 2 is 0.907 bits per heavy atom. The molecule has 8 bridgehead atoms. The Morgan fingerprint density at radius 3 is 1.21 bits per heavy atom. The molecule has 420 valence electrons. The second-order valence-electron chi connectivity index (χ2n) is 21.2. The molecule has 8 fully saturated rings. The Hall–Kier alpha value is -1.75. The van der Waals surface area contributed by atoms with Crippen molar-refractivity contribution in [2.75, 3.05) is 52.9 Å². The van der Waals surface area contributed by atoms with Crippen molar-refractivity contribution in [3.8, 4) is 0 Å². The molecule has 0 aromatic rings. The molecule has 75 heavy (non-hydrogen) atoms. The molecule has 0 saturated heterocycles. The molecule has 0 spiro atoms. The predicted octanol–water partition coefficient (Wildman–Crippen LogP) is 1.94. The van der Waals surface area contributed by atoms with Crippen molar-refractivity contribution in [1.29, 1.82) is 0 Å². The number of ether oxygens (including phenoxy) is 8. The average molecular weight is 1140 g/mol. The van der Waals surface area contributed by atoms with E-state index in [9.17, 15) is 49.0 Å². The van der Waals surface area contributed by atoms with Crippen molar-refractivity contribution < 1.29 is 164 Å². The molecule has 6 unspecified atom stereocenters. The Labute approximate surface area is 482 Å². The molecule has 8 aliphatic rings. The summed E-state index contributed by atoms with van der Waals surface area (Å²) in [7, 11) is -9.51. The van der Waals surface area contributed by atoms with Crippen LogP contribution in [0.5, 0.6) is 0 Å². The van der Waals surface area contributed by atoms with Crippen LogP contribution < -0.4 is 59.1 Å². The quantitative estimate of drug-likeness (QED) is 0.0131. The maximum absolute atomic E-state index is 13.5. The molecular weight excluding hydrogens is 1070 g/mol. The smallest absolute Gasteiger partial charge is 0.870 e. The fourth-order valence-corrected chi connectivity index (χ4v) is 13.1. The minimum atomic E-state index is -6.40. The Bertz CT molecular complexity index is 2120. The number of hydrogen-bond donors (Lipinski definition) is 0. The van der Waals surface area contributed by atoms with Gasteiger partial charge in [0, 0.05) is 41.6 Å². The number of halogens is 5. The molecule has 0 heterocycles. The average Bonchev–Trinajstić information content (AvgIpc) is 3.26. The number of carbonyl (C=O) groups excluding carboxylic acids is 4. The second kappa shape index (κ2) is 31.3. The predicted molar refractivity (Wildman–Crippen MR) is 246 cm³/mol. The maximum Gasteiger partial charge on any atom is 1.00 e. The summed E-state index contributed by atoms with van der Waals surface area (Å²) in [6, 6.07) is 0. The maximum atomic E-state index is 13.5. The molecular formula is C48H71F5Na2O18S2. The van der Waals surface area contributed by atoms with Gasteiger partial charge in [-0.2, -0.15) is 17.2 Å². The Morgan fingerprint density at radius 1 is 0.600 bits per heavy atom. The summed E-state index contributed by atoms with van der Waals surface area (Å²) in [5, 5.41) is -5.21. The zero-order valence-electron chi connectivity index (χ0n) is 43.9. The monoisotopic (exact) mass is 1140 g/mol. The van der Waals surface area contributed by atoms with Crippen LogP contribution in [0.25, 0.3) is 0 Å². The van der Waals surface area contributed by atoms with E-state index in [0.717, 1.165) is 57.8 Å². The molecule has 0 radical (unpaired) electrons. The summed E-state index contributed by atoms with van der Waals surface area (Å²) in [5.74, 6) is -2.93. The normalized spacial score (nSPS) is 28.1. The largest absolute Gasteiger partial charge is 1.00 e. The number of hydrogen-bond acceptors (Lipinski definition) is 18. The summed E-state index contributed by atoms with van der Waals surface area (Å²) in [5.41, 5.74) is -0.221. The zero-order chi connectivity index (χ0) is 53.7. The SMILES string of the molecule is C=C(C)C(=O)OCCCCOC(C)OCC12CC3CC(CC(COC(=O)C(F)(F)S(=O)(=O)F)(C3)C1)C2.C=C(C)C(=O)OCCCCOC(C)OCC12CC3CC(CC(COC(=O)[C-](F)F)(C3)C1)C2.O=S(=O)=O.[Na+].[Na+].[OH-]. The van der Waals surface area contributed by atoms with Gasteiger partial charge in [0.25, 0.3) is 0 Å². The fraction of sp³-hybridized carbons (Fsp3) is 0.812. The van der Waals surface area contributed by atoms with E-state index >= 15 is 0 Å². The number of esters is 4. The van der Waals surface area contributed by atoms with Gasteiger partial charge in [-0.3, -0.25) is 4.79 Å². The third kappa shape index (κ3) is 22.0. The van der Waals surface area contributed by atoms with Gasteiger partial charge in [-0.1, -0.05) is 17.0 Å². The number of unbranched alkanes of at least 4 members (excludes halogenated alkanes) is 2. The van der Waals surface area contributed by atoms with E-state index in [0.29, 0.717) is 106 Å². The van der Waals surface area contributed by atoms with Crippen molar-refractivity contribution in [2.45, 2.75) is 148 Å². The second-order valence-corrected chi connectivity index (χ2v) is 23.0. The van der Waals surface area contributed by atoms with Crippen molar-refractivity contribution in [3.63, 3.8) is 0 Å². The molecule has 18 nitrogen and oxygen atoms in total. The first-order valence-electron chi connectivity index (χ1n) is 24.3. The first-order chi connectivity index (χ1) is 33.5. The van der Waals surface area contributed by atoms with Gasteiger partial charge in [0.2, 0.25) is 5.97 Å². The number of carbonyl (C=O) groups is 4. The van der Waals surface area contributed by atoms with Crippen molar-refractivity contribution >= 4 is 44.7 Å². The summed E-state index contributed by atoms with van der Waals surface area (Å²) >= 11 is 0. The molecule has 8 rings (SSSR count). The minimum absolute atomic E-state index is 0. The molecule has 0 aromatic carbocycles. The number of alkyl halides is 2. The molecule has 0 amide bonds. The molecule has 1 N–H and O–H groups in total. The summed E-state index contributed by atoms with van der Waals surface area (Å²) < 4.78 is 155. The van der Waals surface area contributed by atoms with Gasteiger partial charge >= 0.3 is 103 Å². The van der Waals surface area contributed by atoms with Crippen LogP contribution in [0.4, 0.5) is 21.4 Å². The van der Waals surface area contributed by atoms with Gasteiger partial charge < -0.3 is 52.2 Å². The van der Waals surface area contributed by atoms with E-state index < -0.39 is 62.1 Å². The van der Waals surface area contributed by atoms with Crippen LogP contribution in [-0.2, 0) is 77.9 Å². The van der Waals surface area contributed by atoms with Crippen molar-refractivity contribution in [1.82, 2.24) is 0 Å². The molecule has 0 aromatic heterocycles. The van der Waals surface area contributed by atoms with Gasteiger partial charge in [-0.05, 0) is 165 Å². The van der Waals surface area contributed by atoms with E-state index in [1.165, 1.54) is 6.42 Å². The molecule has 27 heteroatoms. The molecule has 0 aliphatic heterocycles. The molecule has 6 atom stereocenters. The van der Waals surface area contributed by atoms with Crippen LogP contribution in [0.3, 0.4) is 0 Å². The fourth-order valence-electron chi connectivity index (χ4n) is 12.8. The summed E-state index contributed by atoms with van der Waals surface area (Å²) in [6.07, 6.45) is 10.5. The summed E-state index contributed by atoms with van der Waals surface area (Å²) in [4.78, 5) is 45.6. The van der Waals surface area contributed by atoms with E-state index in [2.05, 4.69) is 13.2 Å². The van der Waals surface area contributed by atoms with Gasteiger partial charge in [0.15, 0.2) is 12.6 Å². The first-order valence-corrected chi connectivity index (χ1v) is 26.6. The Kier molecular flexibility index (Phi) is 29.7. The van der Waals surface area contributed by atoms with Gasteiger partial charge in [0.1, 0.15) is 0 Å². The molecule has 8 saturated carbocycles. The van der Waals surface area contributed by atoms with E-state index in [4.69, 9.17) is 50.5 Å². The van der Waals surface area contributed by atoms with Crippen LogP contribution in [0.2, 0.25) is 0 Å². The van der Waals surface area contributed by atoms with Crippen LogP contribution >= 0.6 is 0 Å². The van der Waals surface area contributed by atoms with Crippen LogP contribution in [0, 0.1) is 51.8 Å². The van der Waals surface area contributed by atoms with E-state index in [-0.39, 0.29) is 113 Å². The van der Waals surface area contributed by atoms with E-state index in [1.807, 2.05) is 6.92 Å². The van der Waals surface area contributed by atoms with Crippen molar-refractivity contribution in [3.05, 3.63) is 30.7 Å². The Balaban J connectivity index is 0.000000678. The third-order valence-electron chi connectivity index (χ3n) is 14.5.